The predicted molar refractivity (Wildman–Crippen MR) is 72.4 cm³/mol. The monoisotopic (exact) mass is 248 g/mol. The molecule has 1 amide bonds. The fourth-order valence-corrected chi connectivity index (χ4v) is 2.20. The third kappa shape index (κ3) is 3.70. The Labute approximate surface area is 107 Å². The van der Waals surface area contributed by atoms with E-state index in [2.05, 4.69) is 15.6 Å². The van der Waals surface area contributed by atoms with E-state index in [1.807, 2.05) is 12.1 Å². The van der Waals surface area contributed by atoms with Crippen LogP contribution in [0.5, 0.6) is 0 Å². The van der Waals surface area contributed by atoms with Gasteiger partial charge in [0, 0.05) is 19.0 Å². The summed E-state index contributed by atoms with van der Waals surface area (Å²) in [4.78, 5) is 15.5. The SMILES string of the molecule is NCCC(=O)Nc1ccc(NC2CCCC2)cn1. The largest absolute Gasteiger partial charge is 0.381 e. The number of carbonyl (C=O) groups excluding carboxylic acids is 1. The highest BCUT2D eigenvalue weighted by Gasteiger charge is 2.14. The molecule has 1 aromatic heterocycles. The highest BCUT2D eigenvalue weighted by molar-refractivity contribution is 5.89. The molecule has 1 saturated carbocycles. The molecule has 1 aliphatic rings. The van der Waals surface area contributed by atoms with Gasteiger partial charge >= 0.3 is 0 Å². The maximum absolute atomic E-state index is 11.3. The van der Waals surface area contributed by atoms with Gasteiger partial charge < -0.3 is 16.4 Å². The summed E-state index contributed by atoms with van der Waals surface area (Å²) >= 11 is 0. The number of aromatic nitrogens is 1. The first-order chi connectivity index (χ1) is 8.78. The summed E-state index contributed by atoms with van der Waals surface area (Å²) in [5.74, 6) is 0.479. The van der Waals surface area contributed by atoms with Crippen LogP contribution in [0.15, 0.2) is 18.3 Å². The first-order valence-electron chi connectivity index (χ1n) is 6.50. The number of nitrogens with two attached hydrogens (primary N) is 1. The fourth-order valence-electron chi connectivity index (χ4n) is 2.20. The number of hydrogen-bond donors (Lipinski definition) is 3. The van der Waals surface area contributed by atoms with Gasteiger partial charge in [0.1, 0.15) is 5.82 Å². The van der Waals surface area contributed by atoms with E-state index in [4.69, 9.17) is 5.73 Å². The molecule has 1 aromatic rings. The highest BCUT2D eigenvalue weighted by Crippen LogP contribution is 2.22. The first-order valence-corrected chi connectivity index (χ1v) is 6.50. The number of rotatable bonds is 5. The second-order valence-electron chi connectivity index (χ2n) is 4.64. The lowest BCUT2D eigenvalue weighted by atomic mass is 10.2. The van der Waals surface area contributed by atoms with Crippen LogP contribution < -0.4 is 16.4 Å². The van der Waals surface area contributed by atoms with Gasteiger partial charge in [-0.25, -0.2) is 4.98 Å². The number of carbonyl (C=O) groups is 1. The zero-order valence-electron chi connectivity index (χ0n) is 10.5. The zero-order valence-corrected chi connectivity index (χ0v) is 10.5. The standard InChI is InChI=1S/C13H20N4O/c14-8-7-13(18)17-12-6-5-11(9-15-12)16-10-3-1-2-4-10/h5-6,9-10,16H,1-4,7-8,14H2,(H,15,17,18). The smallest absolute Gasteiger partial charge is 0.226 e. The molecule has 1 aliphatic carbocycles. The van der Waals surface area contributed by atoms with Crippen LogP contribution >= 0.6 is 0 Å². The van der Waals surface area contributed by atoms with Gasteiger partial charge in [-0.05, 0) is 25.0 Å². The molecule has 1 heterocycles. The second kappa shape index (κ2) is 6.35. The molecule has 0 spiro atoms. The van der Waals surface area contributed by atoms with Crippen LogP contribution in [0.2, 0.25) is 0 Å². The number of nitrogens with one attached hydrogen (secondary N) is 2. The van der Waals surface area contributed by atoms with E-state index >= 15 is 0 Å². The lowest BCUT2D eigenvalue weighted by molar-refractivity contribution is -0.116. The van der Waals surface area contributed by atoms with E-state index in [0.717, 1.165) is 5.69 Å². The maximum Gasteiger partial charge on any atom is 0.226 e. The third-order valence-corrected chi connectivity index (χ3v) is 3.13. The number of hydrogen-bond acceptors (Lipinski definition) is 4. The molecule has 0 unspecified atom stereocenters. The van der Waals surface area contributed by atoms with Gasteiger partial charge in [0.2, 0.25) is 5.91 Å². The number of anilines is 2. The topological polar surface area (TPSA) is 80.0 Å². The minimum absolute atomic E-state index is 0.0958. The molecule has 0 saturated heterocycles. The lowest BCUT2D eigenvalue weighted by Gasteiger charge is -2.13. The van der Waals surface area contributed by atoms with E-state index in [0.29, 0.717) is 24.8 Å². The Morgan fingerprint density at radius 3 is 2.78 bits per heavy atom. The van der Waals surface area contributed by atoms with Crippen molar-refractivity contribution in [3.05, 3.63) is 18.3 Å². The van der Waals surface area contributed by atoms with Crippen molar-refractivity contribution in [2.45, 2.75) is 38.1 Å². The quantitative estimate of drug-likeness (QED) is 0.741. The molecule has 4 N–H and O–H groups in total. The van der Waals surface area contributed by atoms with Crippen molar-refractivity contribution in [2.75, 3.05) is 17.2 Å². The Hall–Kier alpha value is -1.62. The number of nitrogens with zero attached hydrogens (tertiary/aromatic N) is 1. The fraction of sp³-hybridized carbons (Fsp3) is 0.538. The highest BCUT2D eigenvalue weighted by atomic mass is 16.1. The van der Waals surface area contributed by atoms with Crippen LogP contribution in [-0.4, -0.2) is 23.5 Å². The lowest BCUT2D eigenvalue weighted by Crippen LogP contribution is -2.17. The molecule has 0 bridgehead atoms. The van der Waals surface area contributed by atoms with Gasteiger partial charge in [0.05, 0.1) is 11.9 Å². The van der Waals surface area contributed by atoms with Crippen molar-refractivity contribution in [3.8, 4) is 0 Å². The molecular formula is C13H20N4O. The van der Waals surface area contributed by atoms with Crippen molar-refractivity contribution >= 4 is 17.4 Å². The Bertz CT molecular complexity index is 384. The van der Waals surface area contributed by atoms with Crippen molar-refractivity contribution in [1.82, 2.24) is 4.98 Å². The van der Waals surface area contributed by atoms with Gasteiger partial charge in [-0.1, -0.05) is 12.8 Å². The van der Waals surface area contributed by atoms with Gasteiger partial charge in [-0.15, -0.1) is 0 Å². The molecule has 5 heteroatoms. The summed E-state index contributed by atoms with van der Waals surface area (Å²) in [6.07, 6.45) is 7.15. The number of pyridine rings is 1. The van der Waals surface area contributed by atoms with Crippen molar-refractivity contribution in [2.24, 2.45) is 5.73 Å². The molecule has 0 aliphatic heterocycles. The minimum atomic E-state index is -0.0958. The van der Waals surface area contributed by atoms with Crippen molar-refractivity contribution in [3.63, 3.8) is 0 Å². The van der Waals surface area contributed by atoms with Gasteiger partial charge in [-0.3, -0.25) is 4.79 Å². The summed E-state index contributed by atoms with van der Waals surface area (Å²) in [6, 6.07) is 4.33. The van der Waals surface area contributed by atoms with E-state index in [1.165, 1.54) is 25.7 Å². The van der Waals surface area contributed by atoms with Crippen LogP contribution in [0, 0.1) is 0 Å². The van der Waals surface area contributed by atoms with Gasteiger partial charge in [-0.2, -0.15) is 0 Å². The summed E-state index contributed by atoms with van der Waals surface area (Å²) in [6.45, 7) is 0.354. The summed E-state index contributed by atoms with van der Waals surface area (Å²) in [5.41, 5.74) is 6.32. The number of amides is 1. The molecular weight excluding hydrogens is 228 g/mol. The van der Waals surface area contributed by atoms with Crippen molar-refractivity contribution < 1.29 is 4.79 Å². The molecule has 0 aromatic carbocycles. The average molecular weight is 248 g/mol. The van der Waals surface area contributed by atoms with E-state index < -0.39 is 0 Å². The maximum atomic E-state index is 11.3. The normalized spacial score (nSPS) is 15.6. The third-order valence-electron chi connectivity index (χ3n) is 3.13. The zero-order chi connectivity index (χ0) is 12.8. The summed E-state index contributed by atoms with van der Waals surface area (Å²) < 4.78 is 0. The Morgan fingerprint density at radius 2 is 2.17 bits per heavy atom. The molecule has 5 nitrogen and oxygen atoms in total. The molecule has 2 rings (SSSR count). The molecule has 18 heavy (non-hydrogen) atoms. The Balaban J connectivity index is 1.86. The average Bonchev–Trinajstić information content (AvgIpc) is 2.85. The predicted octanol–water partition coefficient (Wildman–Crippen LogP) is 1.72. The van der Waals surface area contributed by atoms with Crippen molar-refractivity contribution in [1.29, 1.82) is 0 Å². The van der Waals surface area contributed by atoms with E-state index in [-0.39, 0.29) is 5.91 Å². The molecule has 0 atom stereocenters. The van der Waals surface area contributed by atoms with Crippen LogP contribution in [0.3, 0.4) is 0 Å². The molecule has 0 radical (unpaired) electrons. The minimum Gasteiger partial charge on any atom is -0.381 e. The van der Waals surface area contributed by atoms with Crippen LogP contribution in [-0.2, 0) is 4.79 Å². The van der Waals surface area contributed by atoms with E-state index in [1.54, 1.807) is 6.20 Å². The van der Waals surface area contributed by atoms with Gasteiger partial charge in [0.25, 0.3) is 0 Å². The Kier molecular flexibility index (Phi) is 4.52. The van der Waals surface area contributed by atoms with Crippen LogP contribution in [0.4, 0.5) is 11.5 Å². The van der Waals surface area contributed by atoms with Crippen LogP contribution in [0.1, 0.15) is 32.1 Å². The Morgan fingerprint density at radius 1 is 1.39 bits per heavy atom. The summed E-state index contributed by atoms with van der Waals surface area (Å²) in [5, 5.41) is 6.16. The van der Waals surface area contributed by atoms with E-state index in [9.17, 15) is 4.79 Å². The van der Waals surface area contributed by atoms with Gasteiger partial charge in [0.15, 0.2) is 0 Å². The molecule has 98 valence electrons. The summed E-state index contributed by atoms with van der Waals surface area (Å²) in [7, 11) is 0. The molecule has 1 fully saturated rings. The van der Waals surface area contributed by atoms with Crippen LogP contribution in [0.25, 0.3) is 0 Å². The second-order valence-corrected chi connectivity index (χ2v) is 4.64. The first kappa shape index (κ1) is 12.8.